The van der Waals surface area contributed by atoms with Crippen LogP contribution in [0.2, 0.25) is 0 Å². The molecule has 0 radical (unpaired) electrons. The van der Waals surface area contributed by atoms with E-state index >= 15 is 0 Å². The number of methoxy groups -OCH3 is 3. The molecule has 57 heavy (non-hydrogen) atoms. The minimum Gasteiger partial charge on any atom is -0.497 e. The van der Waals surface area contributed by atoms with Crippen molar-refractivity contribution in [1.29, 1.82) is 0 Å². The Kier molecular flexibility index (Phi) is 11.4. The number of hydrogen-bond donors (Lipinski definition) is 0. The van der Waals surface area contributed by atoms with Crippen molar-refractivity contribution in [3.63, 3.8) is 0 Å². The molecular weight excluding hydrogens is 740 g/mol. The van der Waals surface area contributed by atoms with Crippen molar-refractivity contribution in [3.8, 4) is 17.2 Å². The van der Waals surface area contributed by atoms with Crippen LogP contribution in [0.25, 0.3) is 0 Å². The van der Waals surface area contributed by atoms with Crippen LogP contribution < -0.4 is 14.2 Å². The van der Waals surface area contributed by atoms with E-state index < -0.39 is 89.6 Å². The molecule has 2 aliphatic carbocycles. The topological polar surface area (TPSA) is 168 Å². The Balaban J connectivity index is 1.21. The highest BCUT2D eigenvalue weighted by Gasteiger charge is 2.72. The van der Waals surface area contributed by atoms with Gasteiger partial charge in [-0.3, -0.25) is 9.59 Å². The summed E-state index contributed by atoms with van der Waals surface area (Å²) >= 11 is 0. The molecule has 3 aromatic rings. The summed E-state index contributed by atoms with van der Waals surface area (Å²) in [4.78, 5) is 66.0. The van der Waals surface area contributed by atoms with Crippen LogP contribution in [0.4, 0.5) is 0 Å². The zero-order valence-electron chi connectivity index (χ0n) is 32.4. The number of rotatable bonds is 12. The van der Waals surface area contributed by atoms with Crippen LogP contribution in [0.3, 0.4) is 0 Å². The van der Waals surface area contributed by atoms with Crippen LogP contribution in [0, 0.1) is 23.2 Å². The highest BCUT2D eigenvalue weighted by atomic mass is 16.6. The van der Waals surface area contributed by atoms with Crippen molar-refractivity contribution < 1.29 is 66.6 Å². The summed E-state index contributed by atoms with van der Waals surface area (Å²) in [6.07, 6.45) is -3.36. The molecule has 0 aromatic heterocycles. The van der Waals surface area contributed by atoms with Gasteiger partial charge in [0.1, 0.15) is 54.4 Å². The van der Waals surface area contributed by atoms with Gasteiger partial charge >= 0.3 is 29.8 Å². The summed E-state index contributed by atoms with van der Waals surface area (Å²) in [5.74, 6) is -2.44. The fourth-order valence-electron chi connectivity index (χ4n) is 9.55. The summed E-state index contributed by atoms with van der Waals surface area (Å²) in [5, 5.41) is 0. The standard InChI is InChI=1S/C43H46O14/c1-23(44)53-32-20-34(56-41(47)26-8-14-29(50-4)15-9-26)38(54-24(2)45)31-18-19-43(22-52-40(46)25-6-12-28(49-3)13-7-25)37(36(31)32)33-21-35(39(43)55-33)57-42(48)27-10-16-30(51-5)17-11-27/h6-17,31-39H,18-22H2,1-5H3/t31-,32-,33-,34-,35-,36-,37-,38+,39-,43+/m0/s1. The van der Waals surface area contributed by atoms with Gasteiger partial charge in [0.25, 0.3) is 0 Å². The lowest BCUT2D eigenvalue weighted by Gasteiger charge is -2.57. The largest absolute Gasteiger partial charge is 0.497 e. The van der Waals surface area contributed by atoms with E-state index in [1.165, 1.54) is 35.2 Å². The molecule has 0 amide bonds. The molecule has 0 N–H and O–H groups in total. The molecule has 4 fully saturated rings. The zero-order chi connectivity index (χ0) is 40.4. The molecule has 14 heteroatoms. The Morgan fingerprint density at radius 1 is 0.614 bits per heavy atom. The van der Waals surface area contributed by atoms with E-state index in [9.17, 15) is 24.0 Å². The molecule has 0 unspecified atom stereocenters. The van der Waals surface area contributed by atoms with E-state index in [0.717, 1.165) is 0 Å². The summed E-state index contributed by atoms with van der Waals surface area (Å²) in [7, 11) is 4.59. The maximum absolute atomic E-state index is 13.6. The van der Waals surface area contributed by atoms with Gasteiger partial charge in [0.05, 0.1) is 44.1 Å². The summed E-state index contributed by atoms with van der Waals surface area (Å²) < 4.78 is 52.7. The van der Waals surface area contributed by atoms with E-state index in [0.29, 0.717) is 47.6 Å². The maximum Gasteiger partial charge on any atom is 0.338 e. The molecule has 2 bridgehead atoms. The van der Waals surface area contributed by atoms with Crippen LogP contribution in [0.15, 0.2) is 72.8 Å². The molecule has 14 nitrogen and oxygen atoms in total. The Bertz CT molecular complexity index is 1960. The highest BCUT2D eigenvalue weighted by Crippen LogP contribution is 2.65. The number of benzene rings is 3. The normalized spacial score (nSPS) is 29.5. The first kappa shape index (κ1) is 39.6. The first-order valence-electron chi connectivity index (χ1n) is 19.0. The van der Waals surface area contributed by atoms with E-state index in [2.05, 4.69) is 0 Å². The van der Waals surface area contributed by atoms with Crippen LogP contribution in [0.1, 0.15) is 70.6 Å². The lowest BCUT2D eigenvalue weighted by molar-refractivity contribution is -0.209. The second kappa shape index (κ2) is 16.5. The Morgan fingerprint density at radius 2 is 1.11 bits per heavy atom. The predicted octanol–water partition coefficient (Wildman–Crippen LogP) is 5.39. The first-order valence-corrected chi connectivity index (χ1v) is 19.0. The minimum absolute atomic E-state index is 0.0338. The monoisotopic (exact) mass is 786 g/mol. The van der Waals surface area contributed by atoms with E-state index in [1.54, 1.807) is 72.8 Å². The Morgan fingerprint density at radius 3 is 1.60 bits per heavy atom. The first-order chi connectivity index (χ1) is 27.4. The SMILES string of the molecule is COc1ccc(C(=O)OC[C@]23CC[C@@H]4[C@@H](OC(C)=O)[C@@H](OC(=O)c5ccc(OC)cc5)C[C@H](OC(C)=O)[C@H]4[C@@H]2[C@@H]2C[C@H](OC(=O)c4ccc(OC)cc4)[C@@H]3O2)cc1. The summed E-state index contributed by atoms with van der Waals surface area (Å²) in [6.45, 7) is 2.51. The number of ether oxygens (including phenoxy) is 9. The Hall–Kier alpha value is -5.63. The average molecular weight is 787 g/mol. The van der Waals surface area contributed by atoms with E-state index in [-0.39, 0.29) is 18.6 Å². The second-order valence-corrected chi connectivity index (χ2v) is 15.0. The quantitative estimate of drug-likeness (QED) is 0.169. The molecule has 10 atom stereocenters. The Labute approximate surface area is 329 Å². The summed E-state index contributed by atoms with van der Waals surface area (Å²) in [6, 6.07) is 19.5. The third-order valence-electron chi connectivity index (χ3n) is 11.9. The van der Waals surface area contributed by atoms with Gasteiger partial charge in [-0.15, -0.1) is 0 Å². The zero-order valence-corrected chi connectivity index (χ0v) is 32.4. The van der Waals surface area contributed by atoms with Crippen LogP contribution in [-0.2, 0) is 38.0 Å². The molecule has 3 aromatic carbocycles. The van der Waals surface area contributed by atoms with Crippen molar-refractivity contribution in [2.45, 2.75) is 76.2 Å². The molecule has 2 saturated heterocycles. The maximum atomic E-state index is 13.6. The third-order valence-corrected chi connectivity index (χ3v) is 11.9. The lowest BCUT2D eigenvalue weighted by Crippen LogP contribution is -2.64. The molecule has 0 spiro atoms. The average Bonchev–Trinajstić information content (AvgIpc) is 3.78. The van der Waals surface area contributed by atoms with Crippen molar-refractivity contribution >= 4 is 29.8 Å². The van der Waals surface area contributed by atoms with Gasteiger partial charge in [-0.05, 0) is 85.6 Å². The van der Waals surface area contributed by atoms with Crippen LogP contribution in [0.5, 0.6) is 17.2 Å². The van der Waals surface area contributed by atoms with Gasteiger partial charge in [0.2, 0.25) is 0 Å². The van der Waals surface area contributed by atoms with Gasteiger partial charge in [0.15, 0.2) is 0 Å². The molecule has 2 aliphatic heterocycles. The van der Waals surface area contributed by atoms with Gasteiger partial charge in [-0.25, -0.2) is 14.4 Å². The van der Waals surface area contributed by atoms with E-state index in [1.807, 2.05) is 0 Å². The molecule has 2 saturated carbocycles. The van der Waals surface area contributed by atoms with Gasteiger partial charge in [-0.2, -0.15) is 0 Å². The van der Waals surface area contributed by atoms with Gasteiger partial charge < -0.3 is 42.6 Å². The molecule has 302 valence electrons. The smallest absolute Gasteiger partial charge is 0.338 e. The number of carbonyl (C=O) groups excluding carboxylic acids is 5. The van der Waals surface area contributed by atoms with Crippen molar-refractivity contribution in [2.24, 2.45) is 23.2 Å². The molecule has 7 rings (SSSR count). The second-order valence-electron chi connectivity index (χ2n) is 15.0. The van der Waals surface area contributed by atoms with Gasteiger partial charge in [-0.1, -0.05) is 0 Å². The van der Waals surface area contributed by atoms with E-state index in [4.69, 9.17) is 42.6 Å². The minimum atomic E-state index is -0.952. The number of esters is 5. The fourth-order valence-corrected chi connectivity index (χ4v) is 9.55. The predicted molar refractivity (Wildman–Crippen MR) is 199 cm³/mol. The van der Waals surface area contributed by atoms with Crippen molar-refractivity contribution in [1.82, 2.24) is 0 Å². The molecule has 2 heterocycles. The number of carbonyl (C=O) groups is 5. The molecular formula is C43H46O14. The lowest BCUT2D eigenvalue weighted by atomic mass is 9.49. The molecule has 4 aliphatic rings. The number of hydrogen-bond acceptors (Lipinski definition) is 14. The number of fused-ring (bicyclic) bond motifs is 7. The van der Waals surface area contributed by atoms with Crippen LogP contribution in [-0.4, -0.2) is 94.4 Å². The van der Waals surface area contributed by atoms with Crippen LogP contribution >= 0.6 is 0 Å². The van der Waals surface area contributed by atoms with Gasteiger partial charge in [0, 0.05) is 49.9 Å². The van der Waals surface area contributed by atoms with Crippen molar-refractivity contribution in [3.05, 3.63) is 89.5 Å². The third kappa shape index (κ3) is 7.87. The fraction of sp³-hybridized carbons (Fsp3) is 0.465. The highest BCUT2D eigenvalue weighted by molar-refractivity contribution is 5.90. The summed E-state index contributed by atoms with van der Waals surface area (Å²) in [5.41, 5.74) is 0.0148. The van der Waals surface area contributed by atoms with Crippen molar-refractivity contribution in [2.75, 3.05) is 27.9 Å².